The summed E-state index contributed by atoms with van der Waals surface area (Å²) in [6.45, 7) is 2.56. The Hall–Kier alpha value is -1.91. The summed E-state index contributed by atoms with van der Waals surface area (Å²) in [5, 5.41) is 3.33. The number of piperidine rings is 1. The summed E-state index contributed by atoms with van der Waals surface area (Å²) in [5.41, 5.74) is 2.05. The van der Waals surface area contributed by atoms with Crippen molar-refractivity contribution in [2.75, 3.05) is 25.0 Å². The Morgan fingerprint density at radius 2 is 2.00 bits per heavy atom. The third-order valence-electron chi connectivity index (χ3n) is 4.67. The van der Waals surface area contributed by atoms with Gasteiger partial charge >= 0.3 is 0 Å². The molecule has 1 amide bonds. The average Bonchev–Trinajstić information content (AvgIpc) is 2.63. The Balaban J connectivity index is 1.54. The first kappa shape index (κ1) is 16.0. The third-order valence-corrected chi connectivity index (χ3v) is 4.67. The minimum Gasteiger partial charge on any atom is -0.370 e. The third kappa shape index (κ3) is 4.53. The van der Waals surface area contributed by atoms with Crippen molar-refractivity contribution >= 4 is 11.7 Å². The van der Waals surface area contributed by atoms with Gasteiger partial charge in [0.15, 0.2) is 0 Å². The first-order valence-electron chi connectivity index (χ1n) is 8.86. The lowest BCUT2D eigenvalue weighted by Gasteiger charge is -2.26. The van der Waals surface area contributed by atoms with E-state index in [1.165, 1.54) is 38.4 Å². The molecule has 0 atom stereocenters. The van der Waals surface area contributed by atoms with Crippen LogP contribution in [0.25, 0.3) is 0 Å². The number of nitrogens with one attached hydrogen (secondary N) is 1. The quantitative estimate of drug-likeness (QED) is 0.846. The zero-order valence-corrected chi connectivity index (χ0v) is 13.8. The second-order valence-electron chi connectivity index (χ2n) is 6.43. The van der Waals surface area contributed by atoms with Gasteiger partial charge < -0.3 is 10.2 Å². The minimum atomic E-state index is 0.0325. The van der Waals surface area contributed by atoms with Crippen molar-refractivity contribution in [1.29, 1.82) is 0 Å². The Labute approximate surface area is 138 Å². The molecule has 1 saturated heterocycles. The molecule has 1 aromatic heterocycles. The number of rotatable bonds is 5. The molecule has 1 aromatic rings. The van der Waals surface area contributed by atoms with Crippen molar-refractivity contribution in [2.24, 2.45) is 0 Å². The molecule has 2 aliphatic rings. The second kappa shape index (κ2) is 8.09. The second-order valence-corrected chi connectivity index (χ2v) is 6.43. The summed E-state index contributed by atoms with van der Waals surface area (Å²) in [4.78, 5) is 22.8. The molecule has 2 heterocycles. The number of hydrogen-bond acceptors (Lipinski definition) is 4. The Bertz CT molecular complexity index is 564. The highest BCUT2D eigenvalue weighted by Crippen LogP contribution is 2.20. The number of amides is 1. The fraction of sp³-hybridized carbons (Fsp3) is 0.611. The molecule has 1 fully saturated rings. The van der Waals surface area contributed by atoms with E-state index in [9.17, 15) is 4.79 Å². The van der Waals surface area contributed by atoms with Gasteiger partial charge in [0, 0.05) is 25.7 Å². The maximum Gasteiger partial charge on any atom is 0.272 e. The van der Waals surface area contributed by atoms with E-state index in [-0.39, 0.29) is 5.91 Å². The number of likely N-dealkylation sites (tertiary alicyclic amines) is 1. The Kier molecular flexibility index (Phi) is 5.61. The Morgan fingerprint density at radius 3 is 2.78 bits per heavy atom. The molecule has 1 N–H and O–H groups in total. The van der Waals surface area contributed by atoms with Crippen LogP contribution in [0.5, 0.6) is 0 Å². The first-order valence-corrected chi connectivity index (χ1v) is 8.86. The van der Waals surface area contributed by atoms with E-state index in [0.717, 1.165) is 44.7 Å². The number of allylic oxidation sites excluding steroid dienone is 1. The van der Waals surface area contributed by atoms with Crippen molar-refractivity contribution < 1.29 is 4.79 Å². The molecule has 0 unspecified atom stereocenters. The fourth-order valence-electron chi connectivity index (χ4n) is 3.31. The van der Waals surface area contributed by atoms with E-state index >= 15 is 0 Å². The smallest absolute Gasteiger partial charge is 0.272 e. The highest BCUT2D eigenvalue weighted by Gasteiger charge is 2.19. The van der Waals surface area contributed by atoms with E-state index in [0.29, 0.717) is 5.69 Å². The number of hydrogen-bond donors (Lipinski definition) is 1. The van der Waals surface area contributed by atoms with Crippen LogP contribution in [-0.2, 0) is 0 Å². The topological polar surface area (TPSA) is 58.1 Å². The first-order chi connectivity index (χ1) is 11.3. The molecule has 0 saturated carbocycles. The molecule has 0 bridgehead atoms. The average molecular weight is 314 g/mol. The maximum atomic E-state index is 12.5. The SMILES string of the molecule is O=C(c1cc(NCCC2=CCCCC2)ncn1)N1CCCCC1. The van der Waals surface area contributed by atoms with Crippen molar-refractivity contribution in [2.45, 2.75) is 51.4 Å². The van der Waals surface area contributed by atoms with Crippen LogP contribution in [0.15, 0.2) is 24.0 Å². The van der Waals surface area contributed by atoms with Gasteiger partial charge in [0.1, 0.15) is 17.8 Å². The van der Waals surface area contributed by atoms with Gasteiger partial charge in [-0.1, -0.05) is 11.6 Å². The molecular weight excluding hydrogens is 288 g/mol. The van der Waals surface area contributed by atoms with Crippen LogP contribution in [0.2, 0.25) is 0 Å². The van der Waals surface area contributed by atoms with Crippen LogP contribution in [-0.4, -0.2) is 40.4 Å². The molecule has 0 aromatic carbocycles. The predicted octanol–water partition coefficient (Wildman–Crippen LogP) is 3.41. The lowest BCUT2D eigenvalue weighted by atomic mass is 9.97. The van der Waals surface area contributed by atoms with E-state index < -0.39 is 0 Å². The highest BCUT2D eigenvalue weighted by atomic mass is 16.2. The maximum absolute atomic E-state index is 12.5. The van der Waals surface area contributed by atoms with Gasteiger partial charge in [-0.15, -0.1) is 0 Å². The van der Waals surface area contributed by atoms with E-state index in [2.05, 4.69) is 21.4 Å². The van der Waals surface area contributed by atoms with Crippen LogP contribution < -0.4 is 5.32 Å². The molecule has 3 rings (SSSR count). The molecule has 5 heteroatoms. The van der Waals surface area contributed by atoms with Crippen LogP contribution in [0, 0.1) is 0 Å². The monoisotopic (exact) mass is 314 g/mol. The van der Waals surface area contributed by atoms with E-state index in [1.807, 2.05) is 4.90 Å². The van der Waals surface area contributed by atoms with Gasteiger partial charge in [-0.05, 0) is 51.4 Å². The summed E-state index contributed by atoms with van der Waals surface area (Å²) in [6.07, 6.45) is 13.4. The van der Waals surface area contributed by atoms with Gasteiger partial charge in [-0.25, -0.2) is 9.97 Å². The summed E-state index contributed by atoms with van der Waals surface area (Å²) in [7, 11) is 0. The molecule has 0 radical (unpaired) electrons. The van der Waals surface area contributed by atoms with Crippen molar-refractivity contribution in [3.8, 4) is 0 Å². The summed E-state index contributed by atoms with van der Waals surface area (Å²) in [5.74, 6) is 0.780. The number of carbonyl (C=O) groups excluding carboxylic acids is 1. The van der Waals surface area contributed by atoms with Crippen LogP contribution in [0.4, 0.5) is 5.82 Å². The number of carbonyl (C=O) groups is 1. The van der Waals surface area contributed by atoms with E-state index in [1.54, 1.807) is 11.6 Å². The summed E-state index contributed by atoms with van der Waals surface area (Å²) >= 11 is 0. The normalized spacial score (nSPS) is 18.4. The summed E-state index contributed by atoms with van der Waals surface area (Å²) in [6, 6.07) is 1.78. The highest BCUT2D eigenvalue weighted by molar-refractivity contribution is 5.92. The van der Waals surface area contributed by atoms with Crippen LogP contribution in [0.1, 0.15) is 61.9 Å². The predicted molar refractivity (Wildman–Crippen MR) is 91.4 cm³/mol. The van der Waals surface area contributed by atoms with Crippen molar-refractivity contribution in [1.82, 2.24) is 14.9 Å². The lowest BCUT2D eigenvalue weighted by Crippen LogP contribution is -2.36. The molecule has 23 heavy (non-hydrogen) atoms. The summed E-state index contributed by atoms with van der Waals surface area (Å²) < 4.78 is 0. The fourth-order valence-corrected chi connectivity index (χ4v) is 3.31. The molecular formula is C18H26N4O. The molecule has 0 spiro atoms. The molecule has 124 valence electrons. The standard InChI is InChI=1S/C18H26N4O/c23-18(22-11-5-2-6-12-22)16-13-17(21-14-20-16)19-10-9-15-7-3-1-4-8-15/h7,13-14H,1-6,8-12H2,(H,19,20,21). The van der Waals surface area contributed by atoms with Crippen molar-refractivity contribution in [3.63, 3.8) is 0 Å². The van der Waals surface area contributed by atoms with Gasteiger partial charge in [0.05, 0.1) is 0 Å². The van der Waals surface area contributed by atoms with Crippen LogP contribution in [0.3, 0.4) is 0 Å². The van der Waals surface area contributed by atoms with Gasteiger partial charge in [0.25, 0.3) is 5.91 Å². The van der Waals surface area contributed by atoms with Gasteiger partial charge in [0.2, 0.25) is 0 Å². The lowest BCUT2D eigenvalue weighted by molar-refractivity contribution is 0.0718. The Morgan fingerprint density at radius 1 is 1.13 bits per heavy atom. The van der Waals surface area contributed by atoms with E-state index in [4.69, 9.17) is 0 Å². The number of nitrogens with zero attached hydrogens (tertiary/aromatic N) is 3. The zero-order chi connectivity index (χ0) is 15.9. The zero-order valence-electron chi connectivity index (χ0n) is 13.8. The van der Waals surface area contributed by atoms with Gasteiger partial charge in [-0.2, -0.15) is 0 Å². The molecule has 1 aliphatic carbocycles. The van der Waals surface area contributed by atoms with Crippen LogP contribution >= 0.6 is 0 Å². The van der Waals surface area contributed by atoms with Gasteiger partial charge in [-0.3, -0.25) is 4.79 Å². The number of anilines is 1. The molecule has 5 nitrogen and oxygen atoms in total. The minimum absolute atomic E-state index is 0.0325. The van der Waals surface area contributed by atoms with Crippen molar-refractivity contribution in [3.05, 3.63) is 29.7 Å². The molecule has 1 aliphatic heterocycles. The largest absolute Gasteiger partial charge is 0.370 e. The number of aromatic nitrogens is 2.